The van der Waals surface area contributed by atoms with E-state index in [2.05, 4.69) is 0 Å². The summed E-state index contributed by atoms with van der Waals surface area (Å²) in [5.41, 5.74) is 0. The monoisotopic (exact) mass is 194 g/mol. The van der Waals surface area contributed by atoms with Crippen molar-refractivity contribution in [1.82, 2.24) is 0 Å². The molecule has 0 bridgehead atoms. The van der Waals surface area contributed by atoms with Gasteiger partial charge in [-0.1, -0.05) is 6.92 Å². The van der Waals surface area contributed by atoms with Crippen LogP contribution in [0.3, 0.4) is 0 Å². The van der Waals surface area contributed by atoms with Gasteiger partial charge in [-0.15, -0.1) is 0 Å². The standard InChI is InChI=1S/C10H20F2O/c1-4-13-9(3)6-5-8(2)7-10(11)12/h8-10H,4-7H2,1-3H3. The first-order chi connectivity index (χ1) is 6.06. The Morgan fingerprint density at radius 2 is 1.77 bits per heavy atom. The lowest BCUT2D eigenvalue weighted by molar-refractivity contribution is 0.0604. The third-order valence-corrected chi connectivity index (χ3v) is 2.10. The summed E-state index contributed by atoms with van der Waals surface area (Å²) in [6, 6.07) is 0. The normalized spacial score (nSPS) is 16.2. The fourth-order valence-electron chi connectivity index (χ4n) is 1.31. The van der Waals surface area contributed by atoms with E-state index in [4.69, 9.17) is 4.74 Å². The Morgan fingerprint density at radius 3 is 2.23 bits per heavy atom. The lowest BCUT2D eigenvalue weighted by atomic mass is 10.0. The molecular formula is C10H20F2O. The maximum atomic E-state index is 11.9. The zero-order valence-electron chi connectivity index (χ0n) is 8.72. The molecule has 0 fully saturated rings. The van der Waals surface area contributed by atoms with Gasteiger partial charge in [0, 0.05) is 13.0 Å². The van der Waals surface area contributed by atoms with E-state index in [1.807, 2.05) is 20.8 Å². The second-order valence-electron chi connectivity index (χ2n) is 3.58. The summed E-state index contributed by atoms with van der Waals surface area (Å²) in [5.74, 6) is 0.0999. The average molecular weight is 194 g/mol. The highest BCUT2D eigenvalue weighted by atomic mass is 19.3. The highest BCUT2D eigenvalue weighted by molar-refractivity contribution is 4.58. The number of hydrogen-bond donors (Lipinski definition) is 0. The van der Waals surface area contributed by atoms with Gasteiger partial charge in [0.2, 0.25) is 6.43 Å². The van der Waals surface area contributed by atoms with E-state index < -0.39 is 6.43 Å². The van der Waals surface area contributed by atoms with Crippen LogP contribution in [0, 0.1) is 5.92 Å². The zero-order chi connectivity index (χ0) is 10.3. The molecule has 80 valence electrons. The van der Waals surface area contributed by atoms with E-state index in [1.165, 1.54) is 0 Å². The van der Waals surface area contributed by atoms with E-state index in [1.54, 1.807) is 0 Å². The molecule has 0 aromatic heterocycles. The zero-order valence-corrected chi connectivity index (χ0v) is 8.72. The van der Waals surface area contributed by atoms with Gasteiger partial charge >= 0.3 is 0 Å². The molecule has 0 aliphatic heterocycles. The van der Waals surface area contributed by atoms with E-state index >= 15 is 0 Å². The second-order valence-corrected chi connectivity index (χ2v) is 3.58. The van der Waals surface area contributed by atoms with Gasteiger partial charge in [-0.2, -0.15) is 0 Å². The number of rotatable bonds is 7. The first-order valence-corrected chi connectivity index (χ1v) is 4.96. The smallest absolute Gasteiger partial charge is 0.238 e. The number of hydrogen-bond acceptors (Lipinski definition) is 1. The van der Waals surface area contributed by atoms with Crippen LogP contribution < -0.4 is 0 Å². The van der Waals surface area contributed by atoms with Crippen molar-refractivity contribution in [3.8, 4) is 0 Å². The van der Waals surface area contributed by atoms with E-state index in [0.717, 1.165) is 12.8 Å². The van der Waals surface area contributed by atoms with Crippen molar-refractivity contribution in [2.45, 2.75) is 52.6 Å². The lowest BCUT2D eigenvalue weighted by Crippen LogP contribution is -2.11. The van der Waals surface area contributed by atoms with Gasteiger partial charge in [0.05, 0.1) is 6.10 Å². The third kappa shape index (κ3) is 8.16. The maximum Gasteiger partial charge on any atom is 0.238 e. The summed E-state index contributed by atoms with van der Waals surface area (Å²) in [6.07, 6.45) is -0.256. The Kier molecular flexibility index (Phi) is 7.14. The quantitative estimate of drug-likeness (QED) is 0.603. The molecule has 0 aromatic carbocycles. The van der Waals surface area contributed by atoms with E-state index in [-0.39, 0.29) is 18.4 Å². The molecule has 0 saturated carbocycles. The predicted octanol–water partition coefficient (Wildman–Crippen LogP) is 3.48. The topological polar surface area (TPSA) is 9.23 Å². The molecule has 0 saturated heterocycles. The van der Waals surface area contributed by atoms with Crippen LogP contribution in [0.5, 0.6) is 0 Å². The molecule has 0 spiro atoms. The summed E-state index contributed by atoms with van der Waals surface area (Å²) < 4.78 is 29.2. The van der Waals surface area contributed by atoms with Gasteiger partial charge in [-0.3, -0.25) is 0 Å². The molecule has 3 heteroatoms. The van der Waals surface area contributed by atoms with Gasteiger partial charge in [-0.25, -0.2) is 8.78 Å². The Morgan fingerprint density at radius 1 is 1.15 bits per heavy atom. The first kappa shape index (κ1) is 12.8. The van der Waals surface area contributed by atoms with Crippen LogP contribution in [-0.4, -0.2) is 19.1 Å². The SMILES string of the molecule is CCOC(C)CCC(C)CC(F)F. The molecule has 0 radical (unpaired) electrons. The molecule has 0 aliphatic carbocycles. The molecule has 0 aromatic rings. The van der Waals surface area contributed by atoms with Crippen LogP contribution in [0.1, 0.15) is 40.0 Å². The Labute approximate surface area is 79.5 Å². The lowest BCUT2D eigenvalue weighted by Gasteiger charge is -2.15. The highest BCUT2D eigenvalue weighted by Gasteiger charge is 2.11. The van der Waals surface area contributed by atoms with Crippen LogP contribution >= 0.6 is 0 Å². The van der Waals surface area contributed by atoms with Gasteiger partial charge in [0.15, 0.2) is 0 Å². The Balaban J connectivity index is 3.40. The van der Waals surface area contributed by atoms with Crippen molar-refractivity contribution in [3.05, 3.63) is 0 Å². The van der Waals surface area contributed by atoms with E-state index in [9.17, 15) is 8.78 Å². The highest BCUT2D eigenvalue weighted by Crippen LogP contribution is 2.17. The summed E-state index contributed by atoms with van der Waals surface area (Å²) in [7, 11) is 0. The minimum absolute atomic E-state index is 0.0127. The minimum atomic E-state index is -2.17. The van der Waals surface area contributed by atoms with Crippen LogP contribution in [0.25, 0.3) is 0 Å². The van der Waals surface area contributed by atoms with Gasteiger partial charge < -0.3 is 4.74 Å². The number of alkyl halides is 2. The first-order valence-electron chi connectivity index (χ1n) is 4.96. The van der Waals surface area contributed by atoms with Crippen molar-refractivity contribution in [1.29, 1.82) is 0 Å². The minimum Gasteiger partial charge on any atom is -0.379 e. The molecule has 2 atom stereocenters. The molecule has 2 unspecified atom stereocenters. The Bertz CT molecular complexity index is 117. The van der Waals surface area contributed by atoms with Crippen molar-refractivity contribution in [3.63, 3.8) is 0 Å². The van der Waals surface area contributed by atoms with Crippen molar-refractivity contribution in [2.24, 2.45) is 5.92 Å². The summed E-state index contributed by atoms with van der Waals surface area (Å²) in [5, 5.41) is 0. The fraction of sp³-hybridized carbons (Fsp3) is 1.00. The Hall–Kier alpha value is -0.180. The summed E-state index contributed by atoms with van der Waals surface area (Å²) in [4.78, 5) is 0. The van der Waals surface area contributed by atoms with Gasteiger partial charge in [0.1, 0.15) is 0 Å². The summed E-state index contributed by atoms with van der Waals surface area (Å²) >= 11 is 0. The van der Waals surface area contributed by atoms with Gasteiger partial charge in [-0.05, 0) is 32.6 Å². The molecule has 0 N–H and O–H groups in total. The number of halogens is 2. The average Bonchev–Trinajstić information content (AvgIpc) is 2.00. The fourth-order valence-corrected chi connectivity index (χ4v) is 1.31. The summed E-state index contributed by atoms with van der Waals surface area (Å²) in [6.45, 7) is 6.49. The third-order valence-electron chi connectivity index (χ3n) is 2.10. The molecule has 1 nitrogen and oxygen atoms in total. The van der Waals surface area contributed by atoms with Crippen molar-refractivity contribution >= 4 is 0 Å². The molecule has 0 aliphatic rings. The predicted molar refractivity (Wildman–Crippen MR) is 50.1 cm³/mol. The molecule has 0 amide bonds. The van der Waals surface area contributed by atoms with Crippen LogP contribution in [0.2, 0.25) is 0 Å². The van der Waals surface area contributed by atoms with Crippen molar-refractivity contribution < 1.29 is 13.5 Å². The molecule has 13 heavy (non-hydrogen) atoms. The van der Waals surface area contributed by atoms with Crippen LogP contribution in [0.4, 0.5) is 8.78 Å². The number of ether oxygens (including phenoxy) is 1. The molecule has 0 rings (SSSR count). The molecular weight excluding hydrogens is 174 g/mol. The van der Waals surface area contributed by atoms with E-state index in [0.29, 0.717) is 6.61 Å². The van der Waals surface area contributed by atoms with Gasteiger partial charge in [0.25, 0.3) is 0 Å². The largest absolute Gasteiger partial charge is 0.379 e. The van der Waals surface area contributed by atoms with Crippen LogP contribution in [0.15, 0.2) is 0 Å². The maximum absolute atomic E-state index is 11.9. The molecule has 0 heterocycles. The van der Waals surface area contributed by atoms with Crippen molar-refractivity contribution in [2.75, 3.05) is 6.61 Å². The second kappa shape index (κ2) is 7.25. The van der Waals surface area contributed by atoms with Crippen LogP contribution in [-0.2, 0) is 4.74 Å².